The predicted octanol–water partition coefficient (Wildman–Crippen LogP) is 4.03. The lowest BCUT2D eigenvalue weighted by Gasteiger charge is -2.05. The maximum Gasteiger partial charge on any atom is 0.194 e. The van der Waals surface area contributed by atoms with E-state index in [1.54, 1.807) is 12.1 Å². The van der Waals surface area contributed by atoms with Crippen LogP contribution >= 0.6 is 0 Å². The molecule has 3 aromatic rings. The highest BCUT2D eigenvalue weighted by Crippen LogP contribution is 2.36. The summed E-state index contributed by atoms with van der Waals surface area (Å²) in [7, 11) is 0. The Hall–Kier alpha value is -3.20. The number of benzene rings is 3. The van der Waals surface area contributed by atoms with Crippen LogP contribution in [0.4, 0.5) is 0 Å². The van der Waals surface area contributed by atoms with E-state index in [2.05, 4.69) is 0 Å². The van der Waals surface area contributed by atoms with E-state index in [0.717, 1.165) is 22.3 Å². The molecule has 3 nitrogen and oxygen atoms in total. The zero-order valence-corrected chi connectivity index (χ0v) is 12.8. The molecule has 1 N–H and O–H groups in total. The molecule has 0 aliphatic heterocycles. The van der Waals surface area contributed by atoms with E-state index >= 15 is 0 Å². The first-order valence-corrected chi connectivity index (χ1v) is 7.73. The molecule has 116 valence electrons. The predicted molar refractivity (Wildman–Crippen MR) is 91.5 cm³/mol. The summed E-state index contributed by atoms with van der Waals surface area (Å²) in [6, 6.07) is 19.4. The first-order chi connectivity index (χ1) is 11.6. The van der Waals surface area contributed by atoms with Crippen LogP contribution in [0.3, 0.4) is 0 Å². The third-order valence-electron chi connectivity index (χ3n) is 4.34. The summed E-state index contributed by atoms with van der Waals surface area (Å²) in [5.74, 6) is 0.102. The van der Waals surface area contributed by atoms with Crippen LogP contribution in [0.5, 0.6) is 5.75 Å². The zero-order valence-electron chi connectivity index (χ0n) is 12.8. The molecule has 0 spiro atoms. The lowest BCUT2D eigenvalue weighted by atomic mass is 9.98. The van der Waals surface area contributed by atoms with Crippen molar-refractivity contribution in [1.29, 1.82) is 0 Å². The maximum atomic E-state index is 12.5. The van der Waals surface area contributed by atoms with Crippen LogP contribution < -0.4 is 0 Å². The van der Waals surface area contributed by atoms with Gasteiger partial charge in [-0.05, 0) is 47.0 Å². The van der Waals surface area contributed by atoms with Crippen molar-refractivity contribution in [1.82, 2.24) is 0 Å². The first-order valence-electron chi connectivity index (χ1n) is 7.73. The van der Waals surface area contributed by atoms with Gasteiger partial charge in [0.15, 0.2) is 11.6 Å². The molecule has 3 heteroatoms. The topological polar surface area (TPSA) is 54.4 Å². The average Bonchev–Trinajstić information content (AvgIpc) is 2.88. The summed E-state index contributed by atoms with van der Waals surface area (Å²) in [5.41, 5.74) is 4.61. The molecule has 0 saturated heterocycles. The minimum Gasteiger partial charge on any atom is -0.508 e. The normalized spacial score (nSPS) is 11.9. The molecule has 0 atom stereocenters. The van der Waals surface area contributed by atoms with Gasteiger partial charge in [-0.1, -0.05) is 36.4 Å². The SMILES string of the molecule is O=C(Cc1ccc2c(c1)C(=O)c1ccccc1-2)c1ccc(O)cc1. The van der Waals surface area contributed by atoms with Crippen LogP contribution in [-0.4, -0.2) is 16.7 Å². The average molecular weight is 314 g/mol. The maximum absolute atomic E-state index is 12.5. The molecular weight excluding hydrogens is 300 g/mol. The molecule has 0 bridgehead atoms. The second kappa shape index (κ2) is 5.46. The van der Waals surface area contributed by atoms with Crippen molar-refractivity contribution < 1.29 is 14.7 Å². The fourth-order valence-electron chi connectivity index (χ4n) is 3.12. The molecule has 0 fully saturated rings. The second-order valence-corrected chi connectivity index (χ2v) is 5.90. The minimum atomic E-state index is -0.0436. The number of phenolic OH excluding ortho intramolecular Hbond substituents is 1. The Morgan fingerprint density at radius 2 is 1.46 bits per heavy atom. The van der Waals surface area contributed by atoms with E-state index in [0.29, 0.717) is 11.1 Å². The molecule has 1 aliphatic carbocycles. The Morgan fingerprint density at radius 1 is 0.792 bits per heavy atom. The summed E-state index contributed by atoms with van der Waals surface area (Å²) < 4.78 is 0. The highest BCUT2D eigenvalue weighted by atomic mass is 16.3. The van der Waals surface area contributed by atoms with Crippen LogP contribution in [0.15, 0.2) is 66.7 Å². The standard InChI is InChI=1S/C21H14O3/c22-15-8-6-14(7-9-15)20(23)12-13-5-10-17-16-3-1-2-4-18(16)21(24)19(17)11-13/h1-11,22H,12H2. The third-order valence-corrected chi connectivity index (χ3v) is 4.34. The third kappa shape index (κ3) is 2.31. The number of Topliss-reactive ketones (excluding diaryl/α,β-unsaturated/α-hetero) is 1. The first kappa shape index (κ1) is 14.4. The number of ketones is 2. The summed E-state index contributed by atoms with van der Waals surface area (Å²) in [5, 5.41) is 9.30. The van der Waals surface area contributed by atoms with Gasteiger partial charge < -0.3 is 5.11 Å². The molecule has 0 saturated carbocycles. The second-order valence-electron chi connectivity index (χ2n) is 5.90. The van der Waals surface area contributed by atoms with Gasteiger partial charge in [-0.3, -0.25) is 9.59 Å². The van der Waals surface area contributed by atoms with Gasteiger partial charge in [-0.15, -0.1) is 0 Å². The lowest BCUT2D eigenvalue weighted by Crippen LogP contribution is -2.04. The van der Waals surface area contributed by atoms with Gasteiger partial charge in [-0.2, -0.15) is 0 Å². The summed E-state index contributed by atoms with van der Waals surface area (Å²) in [4.78, 5) is 24.9. The number of carbonyl (C=O) groups is 2. The summed E-state index contributed by atoms with van der Waals surface area (Å²) in [6.07, 6.45) is 0.224. The van der Waals surface area contributed by atoms with E-state index in [-0.39, 0.29) is 23.7 Å². The molecule has 0 amide bonds. The molecule has 0 heterocycles. The van der Waals surface area contributed by atoms with Crippen LogP contribution in [0.25, 0.3) is 11.1 Å². The van der Waals surface area contributed by atoms with Crippen molar-refractivity contribution >= 4 is 11.6 Å². The van der Waals surface area contributed by atoms with E-state index in [9.17, 15) is 14.7 Å². The quantitative estimate of drug-likeness (QED) is 0.581. The van der Waals surface area contributed by atoms with Gasteiger partial charge in [0.25, 0.3) is 0 Å². The van der Waals surface area contributed by atoms with E-state index in [1.165, 1.54) is 12.1 Å². The van der Waals surface area contributed by atoms with Gasteiger partial charge in [-0.25, -0.2) is 0 Å². The monoisotopic (exact) mass is 314 g/mol. The molecule has 3 aromatic carbocycles. The fraction of sp³-hybridized carbons (Fsp3) is 0.0476. The Morgan fingerprint density at radius 3 is 2.21 bits per heavy atom. The minimum absolute atomic E-state index is 0.0135. The van der Waals surface area contributed by atoms with Crippen LogP contribution in [0, 0.1) is 0 Å². The Kier molecular flexibility index (Phi) is 3.28. The molecule has 4 rings (SSSR count). The number of fused-ring (bicyclic) bond motifs is 3. The van der Waals surface area contributed by atoms with Crippen molar-refractivity contribution in [3.8, 4) is 16.9 Å². The Balaban J connectivity index is 1.64. The van der Waals surface area contributed by atoms with Crippen molar-refractivity contribution in [2.24, 2.45) is 0 Å². The van der Waals surface area contributed by atoms with E-state index < -0.39 is 0 Å². The van der Waals surface area contributed by atoms with Gasteiger partial charge >= 0.3 is 0 Å². The zero-order chi connectivity index (χ0) is 16.7. The summed E-state index contributed by atoms with van der Waals surface area (Å²) >= 11 is 0. The van der Waals surface area contributed by atoms with Crippen molar-refractivity contribution in [3.63, 3.8) is 0 Å². The Labute approximate surface area is 139 Å². The van der Waals surface area contributed by atoms with Crippen molar-refractivity contribution in [2.75, 3.05) is 0 Å². The van der Waals surface area contributed by atoms with Crippen molar-refractivity contribution in [2.45, 2.75) is 6.42 Å². The van der Waals surface area contributed by atoms with Gasteiger partial charge in [0, 0.05) is 23.1 Å². The van der Waals surface area contributed by atoms with E-state index in [4.69, 9.17) is 0 Å². The molecule has 24 heavy (non-hydrogen) atoms. The fourth-order valence-corrected chi connectivity index (χ4v) is 3.12. The van der Waals surface area contributed by atoms with Crippen LogP contribution in [-0.2, 0) is 6.42 Å². The highest BCUT2D eigenvalue weighted by molar-refractivity contribution is 6.21. The Bertz CT molecular complexity index is 969. The van der Waals surface area contributed by atoms with Gasteiger partial charge in [0.2, 0.25) is 0 Å². The number of phenols is 1. The number of aromatic hydroxyl groups is 1. The number of hydrogen-bond donors (Lipinski definition) is 1. The van der Waals surface area contributed by atoms with Gasteiger partial charge in [0.05, 0.1) is 0 Å². The number of rotatable bonds is 3. The molecule has 0 unspecified atom stereocenters. The number of carbonyl (C=O) groups excluding carboxylic acids is 2. The lowest BCUT2D eigenvalue weighted by molar-refractivity contribution is 0.0990. The van der Waals surface area contributed by atoms with Gasteiger partial charge in [0.1, 0.15) is 5.75 Å². The van der Waals surface area contributed by atoms with Crippen molar-refractivity contribution in [3.05, 3.63) is 89.0 Å². The summed E-state index contributed by atoms with van der Waals surface area (Å²) in [6.45, 7) is 0. The molecule has 1 aliphatic rings. The largest absolute Gasteiger partial charge is 0.508 e. The molecular formula is C21H14O3. The van der Waals surface area contributed by atoms with E-state index in [1.807, 2.05) is 42.5 Å². The number of hydrogen-bond acceptors (Lipinski definition) is 3. The highest BCUT2D eigenvalue weighted by Gasteiger charge is 2.26. The van der Waals surface area contributed by atoms with Crippen LogP contribution in [0.2, 0.25) is 0 Å². The molecule has 0 aromatic heterocycles. The smallest absolute Gasteiger partial charge is 0.194 e. The molecule has 0 radical (unpaired) electrons. The van der Waals surface area contributed by atoms with Crippen LogP contribution in [0.1, 0.15) is 31.8 Å².